The number of benzene rings is 3. The molecule has 1 aliphatic heterocycles. The van der Waals surface area contributed by atoms with Crippen LogP contribution in [0.4, 0.5) is 11.6 Å². The molecule has 40 heavy (non-hydrogen) atoms. The maximum absolute atomic E-state index is 13.8. The highest BCUT2D eigenvalue weighted by atomic mass is 79.9. The molecule has 3 aromatic carbocycles. The fraction of sp³-hybridized carbons (Fsp3) is 0.207. The summed E-state index contributed by atoms with van der Waals surface area (Å²) in [5.41, 5.74) is 5.53. The number of aryl methyl sites for hydroxylation is 1. The van der Waals surface area contributed by atoms with E-state index in [-0.39, 0.29) is 12.5 Å². The van der Waals surface area contributed by atoms with Crippen molar-refractivity contribution >= 4 is 56.7 Å². The van der Waals surface area contributed by atoms with Crippen molar-refractivity contribution in [1.82, 2.24) is 14.8 Å². The fourth-order valence-corrected chi connectivity index (χ4v) is 5.63. The Morgan fingerprint density at radius 2 is 1.95 bits per heavy atom. The van der Waals surface area contributed by atoms with E-state index in [1.165, 1.54) is 6.33 Å². The lowest BCUT2D eigenvalue weighted by Gasteiger charge is -2.29. The molecule has 11 heteroatoms. The van der Waals surface area contributed by atoms with Gasteiger partial charge in [-0.2, -0.15) is 10.1 Å². The van der Waals surface area contributed by atoms with Crippen molar-refractivity contribution in [3.05, 3.63) is 103 Å². The van der Waals surface area contributed by atoms with Gasteiger partial charge >= 0.3 is 0 Å². The van der Waals surface area contributed by atoms with Gasteiger partial charge in [0, 0.05) is 27.0 Å². The third kappa shape index (κ3) is 5.41. The number of rotatable bonds is 7. The van der Waals surface area contributed by atoms with Crippen molar-refractivity contribution in [3.8, 4) is 11.5 Å². The maximum Gasteiger partial charge on any atom is 0.255 e. The third-order valence-corrected chi connectivity index (χ3v) is 8.02. The zero-order valence-electron chi connectivity index (χ0n) is 22.2. The lowest BCUT2D eigenvalue weighted by atomic mass is 9.94. The number of aromatic nitrogens is 3. The van der Waals surface area contributed by atoms with Crippen molar-refractivity contribution in [1.29, 1.82) is 0 Å². The number of hydrogen-bond donors (Lipinski definition) is 2. The quantitative estimate of drug-likeness (QED) is 0.217. The van der Waals surface area contributed by atoms with Gasteiger partial charge in [-0.15, -0.1) is 0 Å². The Labute approximate surface area is 250 Å². The van der Waals surface area contributed by atoms with Crippen LogP contribution in [0.2, 0.25) is 10.0 Å². The van der Waals surface area contributed by atoms with E-state index in [4.69, 9.17) is 32.7 Å². The summed E-state index contributed by atoms with van der Waals surface area (Å²) in [5.74, 6) is 1.24. The van der Waals surface area contributed by atoms with Gasteiger partial charge in [0.25, 0.3) is 5.91 Å². The third-order valence-electron chi connectivity index (χ3n) is 6.85. The molecule has 0 radical (unpaired) electrons. The number of nitrogens with one attached hydrogen (secondary N) is 2. The molecule has 1 unspecified atom stereocenters. The molecule has 0 spiro atoms. The van der Waals surface area contributed by atoms with Crippen LogP contribution < -0.4 is 20.1 Å². The topological polar surface area (TPSA) is 90.3 Å². The summed E-state index contributed by atoms with van der Waals surface area (Å²) in [5, 5.41) is 11.8. The Hall–Kier alpha value is -3.53. The van der Waals surface area contributed by atoms with Gasteiger partial charge in [0.05, 0.1) is 17.2 Å². The molecule has 5 rings (SSSR count). The number of methoxy groups -OCH3 is 1. The molecule has 0 saturated heterocycles. The number of fused-ring (bicyclic) bond motifs is 1. The van der Waals surface area contributed by atoms with Crippen molar-refractivity contribution < 1.29 is 14.3 Å². The average molecular weight is 643 g/mol. The van der Waals surface area contributed by atoms with E-state index in [1.807, 2.05) is 57.2 Å². The standard InChI is InChI=1S/C29H26BrCl2N5O3/c1-15-6-5-7-23(16(15)2)36-28(38)25-17(3)35-29-33-14-34-37(29)26(25)19-10-21(30)27(24(11-19)39-4)40-13-18-8-9-20(31)12-22(18)32/h5-12,14,26H,13H2,1-4H3,(H,36,38)(H,33,34,35). The number of allylic oxidation sites excluding steroid dienone is 1. The van der Waals surface area contributed by atoms with Gasteiger partial charge in [0.1, 0.15) is 19.0 Å². The van der Waals surface area contributed by atoms with E-state index >= 15 is 0 Å². The number of anilines is 2. The Morgan fingerprint density at radius 1 is 1.15 bits per heavy atom. The van der Waals surface area contributed by atoms with Crippen LogP contribution in [-0.2, 0) is 11.4 Å². The first-order valence-corrected chi connectivity index (χ1v) is 13.9. The minimum absolute atomic E-state index is 0.202. The van der Waals surface area contributed by atoms with Gasteiger partial charge in [0.2, 0.25) is 5.95 Å². The molecule has 1 amide bonds. The van der Waals surface area contributed by atoms with E-state index in [1.54, 1.807) is 23.9 Å². The van der Waals surface area contributed by atoms with Gasteiger partial charge < -0.3 is 20.1 Å². The SMILES string of the molecule is COc1cc(C2C(C(=O)Nc3cccc(C)c3C)=C(C)Nc3ncnn32)cc(Br)c1OCc1ccc(Cl)cc1Cl. The van der Waals surface area contributed by atoms with Crippen LogP contribution in [0.15, 0.2) is 70.6 Å². The molecular formula is C29H26BrCl2N5O3. The largest absolute Gasteiger partial charge is 0.493 e. The summed E-state index contributed by atoms with van der Waals surface area (Å²) in [4.78, 5) is 18.2. The monoisotopic (exact) mass is 641 g/mol. The molecule has 206 valence electrons. The molecule has 1 aliphatic rings. The second kappa shape index (κ2) is 11.5. The summed E-state index contributed by atoms with van der Waals surface area (Å²) in [7, 11) is 1.56. The van der Waals surface area contributed by atoms with Crippen LogP contribution in [0.25, 0.3) is 0 Å². The van der Waals surface area contributed by atoms with Gasteiger partial charge in [-0.05, 0) is 83.7 Å². The van der Waals surface area contributed by atoms with Crippen molar-refractivity contribution in [2.75, 3.05) is 17.7 Å². The smallest absolute Gasteiger partial charge is 0.255 e. The van der Waals surface area contributed by atoms with Crippen LogP contribution in [-0.4, -0.2) is 27.8 Å². The highest BCUT2D eigenvalue weighted by Crippen LogP contribution is 2.43. The zero-order valence-corrected chi connectivity index (χ0v) is 25.3. The van der Waals surface area contributed by atoms with E-state index < -0.39 is 6.04 Å². The Morgan fingerprint density at radius 3 is 2.70 bits per heavy atom. The first kappa shape index (κ1) is 28.0. The lowest BCUT2D eigenvalue weighted by molar-refractivity contribution is -0.113. The molecule has 0 aliphatic carbocycles. The number of hydrogen-bond acceptors (Lipinski definition) is 6. The number of carbonyl (C=O) groups excluding carboxylic acids is 1. The molecule has 0 bridgehead atoms. The molecule has 1 aromatic heterocycles. The van der Waals surface area contributed by atoms with E-state index in [0.717, 1.165) is 27.9 Å². The summed E-state index contributed by atoms with van der Waals surface area (Å²) in [6.07, 6.45) is 1.45. The normalized spacial score (nSPS) is 14.4. The molecule has 0 fully saturated rings. The van der Waals surface area contributed by atoms with Crippen molar-refractivity contribution in [2.45, 2.75) is 33.4 Å². The predicted octanol–water partition coefficient (Wildman–Crippen LogP) is 7.48. The van der Waals surface area contributed by atoms with Crippen molar-refractivity contribution in [3.63, 3.8) is 0 Å². The highest BCUT2D eigenvalue weighted by molar-refractivity contribution is 9.10. The summed E-state index contributed by atoms with van der Waals surface area (Å²) >= 11 is 16.0. The van der Waals surface area contributed by atoms with E-state index in [9.17, 15) is 4.79 Å². The van der Waals surface area contributed by atoms with E-state index in [0.29, 0.717) is 43.2 Å². The van der Waals surface area contributed by atoms with Crippen LogP contribution in [0.3, 0.4) is 0 Å². The predicted molar refractivity (Wildman–Crippen MR) is 161 cm³/mol. The lowest BCUT2D eigenvalue weighted by Crippen LogP contribution is -2.31. The molecule has 4 aromatic rings. The van der Waals surface area contributed by atoms with Gasteiger partial charge in [-0.1, -0.05) is 41.4 Å². The maximum atomic E-state index is 13.8. The number of carbonyl (C=O) groups is 1. The van der Waals surface area contributed by atoms with Gasteiger partial charge in [0.15, 0.2) is 11.5 Å². The summed E-state index contributed by atoms with van der Waals surface area (Å²) < 4.78 is 14.2. The molecule has 0 saturated carbocycles. The summed E-state index contributed by atoms with van der Waals surface area (Å²) in [6.45, 7) is 6.04. The first-order valence-electron chi connectivity index (χ1n) is 12.4. The minimum atomic E-state index is -0.589. The van der Waals surface area contributed by atoms with Gasteiger partial charge in [-0.25, -0.2) is 4.68 Å². The number of amides is 1. The van der Waals surface area contributed by atoms with Crippen LogP contribution in [0, 0.1) is 13.8 Å². The number of nitrogens with zero attached hydrogens (tertiary/aromatic N) is 3. The Kier molecular flexibility index (Phi) is 8.07. The Bertz CT molecular complexity index is 1650. The fourth-order valence-electron chi connectivity index (χ4n) is 4.60. The van der Waals surface area contributed by atoms with Crippen molar-refractivity contribution in [2.24, 2.45) is 0 Å². The minimum Gasteiger partial charge on any atom is -0.493 e. The Balaban J connectivity index is 1.52. The van der Waals surface area contributed by atoms with E-state index in [2.05, 4.69) is 36.6 Å². The average Bonchev–Trinajstić information content (AvgIpc) is 3.38. The molecular weight excluding hydrogens is 617 g/mol. The highest BCUT2D eigenvalue weighted by Gasteiger charge is 2.34. The zero-order chi connectivity index (χ0) is 28.6. The summed E-state index contributed by atoms with van der Waals surface area (Å²) in [6, 6.07) is 14.2. The second-order valence-electron chi connectivity index (χ2n) is 9.35. The van der Waals surface area contributed by atoms with Gasteiger partial charge in [-0.3, -0.25) is 4.79 Å². The van der Waals surface area contributed by atoms with Crippen LogP contribution in [0.1, 0.15) is 35.2 Å². The molecule has 2 heterocycles. The molecule has 2 N–H and O–H groups in total. The molecule has 8 nitrogen and oxygen atoms in total. The van der Waals surface area contributed by atoms with Crippen LogP contribution >= 0.6 is 39.1 Å². The molecule has 1 atom stereocenters. The number of halogens is 3. The number of ether oxygens (including phenoxy) is 2. The second-order valence-corrected chi connectivity index (χ2v) is 11.1. The first-order chi connectivity index (χ1) is 19.2. The van der Waals surface area contributed by atoms with Crippen LogP contribution in [0.5, 0.6) is 11.5 Å².